The Morgan fingerprint density at radius 3 is 2.50 bits per heavy atom. The molecule has 0 radical (unpaired) electrons. The summed E-state index contributed by atoms with van der Waals surface area (Å²) in [6.07, 6.45) is -3.40. The fourth-order valence-electron chi connectivity index (χ4n) is 6.67. The number of rotatable bonds is 1. The monoisotopic (exact) mass is 469 g/mol. The first-order valence-electron chi connectivity index (χ1n) is 11.3. The molecule has 2 aromatic rings. The minimum Gasteiger partial charge on any atom is -0.324 e. The van der Waals surface area contributed by atoms with Crippen molar-refractivity contribution in [1.82, 2.24) is 4.90 Å². The Bertz CT molecular complexity index is 1290. The summed E-state index contributed by atoms with van der Waals surface area (Å²) in [4.78, 5) is 43.9. The van der Waals surface area contributed by atoms with Crippen molar-refractivity contribution in [3.05, 3.63) is 58.7 Å². The van der Waals surface area contributed by atoms with Crippen LogP contribution >= 0.6 is 0 Å². The number of hydrogen-bond acceptors (Lipinski definition) is 4. The number of alkyl halides is 3. The molecule has 6 rings (SSSR count). The van der Waals surface area contributed by atoms with Crippen LogP contribution < -0.4 is 10.2 Å². The van der Waals surface area contributed by atoms with Crippen LogP contribution in [0, 0.1) is 25.7 Å². The van der Waals surface area contributed by atoms with Crippen molar-refractivity contribution in [2.75, 3.05) is 16.8 Å². The minimum absolute atomic E-state index is 0.386. The van der Waals surface area contributed by atoms with E-state index >= 15 is 0 Å². The number of benzene rings is 2. The molecule has 3 saturated heterocycles. The molecule has 0 aliphatic carbocycles. The van der Waals surface area contributed by atoms with Gasteiger partial charge in [-0.15, -0.1) is 0 Å². The topological polar surface area (TPSA) is 69.7 Å². The third-order valence-corrected chi connectivity index (χ3v) is 8.15. The van der Waals surface area contributed by atoms with Crippen molar-refractivity contribution >= 4 is 29.1 Å². The average molecular weight is 469 g/mol. The van der Waals surface area contributed by atoms with Gasteiger partial charge in [-0.1, -0.05) is 24.3 Å². The smallest absolute Gasteiger partial charge is 0.324 e. The van der Waals surface area contributed by atoms with E-state index in [1.54, 1.807) is 0 Å². The first kappa shape index (κ1) is 21.3. The van der Waals surface area contributed by atoms with Gasteiger partial charge >= 0.3 is 6.18 Å². The van der Waals surface area contributed by atoms with Crippen molar-refractivity contribution in [1.29, 1.82) is 0 Å². The lowest BCUT2D eigenvalue weighted by molar-refractivity contribution is -0.138. The number of hydrogen-bond donors (Lipinski definition) is 1. The summed E-state index contributed by atoms with van der Waals surface area (Å²) in [5.41, 5.74) is 0.178. The van der Waals surface area contributed by atoms with Crippen LogP contribution in [0.3, 0.4) is 0 Å². The lowest BCUT2D eigenvalue weighted by Crippen LogP contribution is -2.54. The molecule has 0 unspecified atom stereocenters. The Kier molecular flexibility index (Phi) is 4.20. The first-order chi connectivity index (χ1) is 16.1. The third kappa shape index (κ3) is 2.38. The number of imide groups is 1. The highest BCUT2D eigenvalue weighted by Crippen LogP contribution is 2.61. The van der Waals surface area contributed by atoms with Crippen molar-refractivity contribution in [3.8, 4) is 0 Å². The molecule has 34 heavy (non-hydrogen) atoms. The largest absolute Gasteiger partial charge is 0.418 e. The van der Waals surface area contributed by atoms with Crippen molar-refractivity contribution in [2.24, 2.45) is 11.8 Å². The molecule has 3 fully saturated rings. The minimum atomic E-state index is -4.74. The maximum absolute atomic E-state index is 13.9. The zero-order valence-electron chi connectivity index (χ0n) is 18.6. The van der Waals surface area contributed by atoms with E-state index in [0.717, 1.165) is 29.7 Å². The molecule has 1 spiro atoms. The van der Waals surface area contributed by atoms with Gasteiger partial charge in [0.25, 0.3) is 0 Å². The molecule has 0 bridgehead atoms. The summed E-state index contributed by atoms with van der Waals surface area (Å²) in [7, 11) is 0. The summed E-state index contributed by atoms with van der Waals surface area (Å²) >= 11 is 0. The molecule has 4 heterocycles. The highest BCUT2D eigenvalue weighted by molar-refractivity contribution is 6.26. The van der Waals surface area contributed by atoms with Crippen LogP contribution in [0.1, 0.15) is 35.1 Å². The van der Waals surface area contributed by atoms with Crippen molar-refractivity contribution in [3.63, 3.8) is 0 Å². The Morgan fingerprint density at radius 1 is 1.03 bits per heavy atom. The number of nitrogens with one attached hydrogen (secondary N) is 1. The molecule has 4 atom stereocenters. The normalized spacial score (nSPS) is 30.2. The lowest BCUT2D eigenvalue weighted by Gasteiger charge is -2.37. The molecule has 3 amide bonds. The molecular formula is C25H22F3N3O3. The van der Waals surface area contributed by atoms with Crippen LogP contribution in [0.2, 0.25) is 0 Å². The van der Waals surface area contributed by atoms with Crippen LogP contribution in [0.5, 0.6) is 0 Å². The van der Waals surface area contributed by atoms with Gasteiger partial charge in [-0.05, 0) is 56.5 Å². The number of carbonyl (C=O) groups is 3. The number of para-hydroxylation sites is 1. The van der Waals surface area contributed by atoms with Crippen LogP contribution in [0.4, 0.5) is 24.5 Å². The van der Waals surface area contributed by atoms with Crippen molar-refractivity contribution < 1.29 is 27.6 Å². The fourth-order valence-corrected chi connectivity index (χ4v) is 6.67. The maximum Gasteiger partial charge on any atom is 0.418 e. The Balaban J connectivity index is 1.57. The molecule has 0 saturated carbocycles. The molecule has 2 aromatic carbocycles. The molecule has 176 valence electrons. The zero-order chi connectivity index (χ0) is 24.2. The second-order valence-corrected chi connectivity index (χ2v) is 9.58. The predicted octanol–water partition coefficient (Wildman–Crippen LogP) is 3.75. The standard InChI is InChI=1S/C25H22F3N3O3/c1-12-9-10-15-20(13(12)2)29-23(34)24(15)19-18(17-8-5-11-30(17)24)21(32)31(22(19)33)16-7-4-3-6-14(16)25(26,27)28/h3-4,6-7,9-10,17-19H,5,8,11H2,1-2H3,(H,29,34)/t17-,18+,19+,24+/m1/s1. The van der Waals surface area contributed by atoms with E-state index in [4.69, 9.17) is 0 Å². The molecule has 1 N–H and O–H groups in total. The zero-order valence-corrected chi connectivity index (χ0v) is 18.6. The number of halogens is 3. The Morgan fingerprint density at radius 2 is 1.76 bits per heavy atom. The highest BCUT2D eigenvalue weighted by Gasteiger charge is 2.75. The summed E-state index contributed by atoms with van der Waals surface area (Å²) in [6, 6.07) is 7.93. The van der Waals surface area contributed by atoms with Gasteiger partial charge in [-0.2, -0.15) is 13.2 Å². The van der Waals surface area contributed by atoms with E-state index in [0.29, 0.717) is 29.1 Å². The van der Waals surface area contributed by atoms with E-state index < -0.39 is 46.6 Å². The summed E-state index contributed by atoms with van der Waals surface area (Å²) in [6.45, 7) is 4.34. The van der Waals surface area contributed by atoms with E-state index in [1.807, 2.05) is 30.9 Å². The molecule has 4 aliphatic heterocycles. The van der Waals surface area contributed by atoms with Crippen LogP contribution in [-0.2, 0) is 26.1 Å². The fraction of sp³-hybridized carbons (Fsp3) is 0.400. The van der Waals surface area contributed by atoms with Gasteiger partial charge in [0.2, 0.25) is 17.7 Å². The van der Waals surface area contributed by atoms with Gasteiger partial charge in [0.15, 0.2) is 0 Å². The molecule has 6 nitrogen and oxygen atoms in total. The molecule has 0 aromatic heterocycles. The highest BCUT2D eigenvalue weighted by atomic mass is 19.4. The number of aryl methyl sites for hydroxylation is 1. The van der Waals surface area contributed by atoms with Crippen LogP contribution in [0.15, 0.2) is 36.4 Å². The van der Waals surface area contributed by atoms with Crippen LogP contribution in [0.25, 0.3) is 0 Å². The first-order valence-corrected chi connectivity index (χ1v) is 11.3. The molecule has 4 aliphatic rings. The van der Waals surface area contributed by atoms with Crippen LogP contribution in [-0.4, -0.2) is 35.2 Å². The quantitative estimate of drug-likeness (QED) is 0.646. The van der Waals surface area contributed by atoms with Gasteiger partial charge in [0.05, 0.1) is 23.1 Å². The van der Waals surface area contributed by atoms with E-state index in [1.165, 1.54) is 12.1 Å². The number of nitrogens with zero attached hydrogens (tertiary/aromatic N) is 2. The van der Waals surface area contributed by atoms with Gasteiger partial charge < -0.3 is 5.32 Å². The molecule has 9 heteroatoms. The second-order valence-electron chi connectivity index (χ2n) is 9.58. The Hall–Kier alpha value is -3.20. The SMILES string of the molecule is Cc1ccc2c(c1C)NC(=O)[C@@]21[C@@H]2C(=O)N(c3ccccc3C(F)(F)F)C(=O)[C@H]2[C@H]2CCCN21. The van der Waals surface area contributed by atoms with Gasteiger partial charge in [0, 0.05) is 17.3 Å². The summed E-state index contributed by atoms with van der Waals surface area (Å²) < 4.78 is 41.3. The van der Waals surface area contributed by atoms with E-state index in [-0.39, 0.29) is 11.9 Å². The third-order valence-electron chi connectivity index (χ3n) is 8.15. The summed E-state index contributed by atoms with van der Waals surface area (Å²) in [5, 5.41) is 2.95. The predicted molar refractivity (Wildman–Crippen MR) is 117 cm³/mol. The summed E-state index contributed by atoms with van der Waals surface area (Å²) in [5.74, 6) is -3.76. The lowest BCUT2D eigenvalue weighted by atomic mass is 9.75. The molecular weight excluding hydrogens is 447 g/mol. The number of carbonyl (C=O) groups excluding carboxylic acids is 3. The van der Waals surface area contributed by atoms with Crippen molar-refractivity contribution in [2.45, 2.75) is 44.4 Å². The number of amides is 3. The number of anilines is 2. The van der Waals surface area contributed by atoms with Gasteiger partial charge in [0.1, 0.15) is 5.54 Å². The van der Waals surface area contributed by atoms with E-state index in [2.05, 4.69) is 5.32 Å². The second kappa shape index (κ2) is 6.69. The number of fused-ring (bicyclic) bond motifs is 7. The average Bonchev–Trinajstić information content (AvgIpc) is 3.49. The maximum atomic E-state index is 13.9. The van der Waals surface area contributed by atoms with Gasteiger partial charge in [-0.3, -0.25) is 19.3 Å². The Labute approximate surface area is 193 Å². The van der Waals surface area contributed by atoms with Gasteiger partial charge in [-0.25, -0.2) is 4.90 Å². The van der Waals surface area contributed by atoms with E-state index in [9.17, 15) is 27.6 Å².